The molecule has 0 unspecified atom stereocenters. The molecule has 0 fully saturated rings. The number of aromatic nitrogens is 2. The minimum absolute atomic E-state index is 0.150. The van der Waals surface area contributed by atoms with Crippen molar-refractivity contribution in [3.05, 3.63) is 11.8 Å². The summed E-state index contributed by atoms with van der Waals surface area (Å²) in [6, 6.07) is 1.70. The lowest BCUT2D eigenvalue weighted by Crippen LogP contribution is -2.30. The Morgan fingerprint density at radius 1 is 0.931 bits per heavy atom. The van der Waals surface area contributed by atoms with Crippen LogP contribution in [-0.2, 0) is 25.5 Å². The van der Waals surface area contributed by atoms with Crippen LogP contribution in [0.25, 0.3) is 0 Å². The van der Waals surface area contributed by atoms with Crippen molar-refractivity contribution >= 4 is 29.5 Å². The van der Waals surface area contributed by atoms with Crippen LogP contribution in [0.4, 0.5) is 11.8 Å². The average Bonchev–Trinajstić information content (AvgIpc) is 2.57. The van der Waals surface area contributed by atoms with Gasteiger partial charge in [0.25, 0.3) is 0 Å². The van der Waals surface area contributed by atoms with E-state index in [4.69, 9.17) is 4.74 Å². The number of ether oxygens (including phenoxy) is 1. The second-order valence-electron chi connectivity index (χ2n) is 8.99. The SMILES string of the molecule is CCOC(=O)CCCCc1cc(NC(=O)C(C)(C)C)nc(NC(=O)C(C)(C)C)n1. The fourth-order valence-electron chi connectivity index (χ4n) is 2.15. The molecule has 0 atom stereocenters. The van der Waals surface area contributed by atoms with E-state index in [9.17, 15) is 14.4 Å². The molecule has 1 rings (SSSR count). The first-order valence-corrected chi connectivity index (χ1v) is 9.99. The van der Waals surface area contributed by atoms with Crippen LogP contribution >= 0.6 is 0 Å². The first kappa shape index (κ1) is 24.5. The van der Waals surface area contributed by atoms with Gasteiger partial charge in [0.15, 0.2) is 0 Å². The predicted octanol–water partition coefficient (Wildman–Crippen LogP) is 3.72. The monoisotopic (exact) mass is 406 g/mol. The predicted molar refractivity (Wildman–Crippen MR) is 112 cm³/mol. The van der Waals surface area contributed by atoms with Gasteiger partial charge in [-0.15, -0.1) is 0 Å². The number of anilines is 2. The standard InChI is InChI=1S/C21H34N4O4/c1-8-29-16(26)12-10-9-11-14-13-15(23-17(27)20(2,3)4)24-19(22-14)25-18(28)21(5,6)7/h13H,8-12H2,1-7H3,(H2,22,23,24,25,27,28). The van der Waals surface area contributed by atoms with Crippen molar-refractivity contribution in [2.45, 2.75) is 74.1 Å². The Morgan fingerprint density at radius 2 is 1.52 bits per heavy atom. The number of esters is 1. The van der Waals surface area contributed by atoms with Crippen LogP contribution in [0.2, 0.25) is 0 Å². The van der Waals surface area contributed by atoms with Crippen LogP contribution < -0.4 is 10.6 Å². The molecule has 1 aromatic rings. The third kappa shape index (κ3) is 9.02. The molecule has 0 aliphatic rings. The Morgan fingerprint density at radius 3 is 2.07 bits per heavy atom. The summed E-state index contributed by atoms with van der Waals surface area (Å²) in [6.45, 7) is 13.0. The summed E-state index contributed by atoms with van der Waals surface area (Å²) in [6.07, 6.45) is 2.31. The zero-order valence-corrected chi connectivity index (χ0v) is 18.6. The van der Waals surface area contributed by atoms with Crippen molar-refractivity contribution in [2.24, 2.45) is 10.8 Å². The van der Waals surface area contributed by atoms with Gasteiger partial charge in [0.05, 0.1) is 6.61 Å². The Kier molecular flexibility index (Phi) is 8.73. The summed E-state index contributed by atoms with van der Waals surface area (Å²) in [5.41, 5.74) is -0.509. The molecule has 0 saturated heterocycles. The van der Waals surface area contributed by atoms with Crippen LogP contribution in [0, 0.1) is 10.8 Å². The number of rotatable bonds is 8. The van der Waals surface area contributed by atoms with E-state index in [-0.39, 0.29) is 23.7 Å². The third-order valence-corrected chi connectivity index (χ3v) is 3.98. The minimum atomic E-state index is -0.603. The van der Waals surface area contributed by atoms with Crippen molar-refractivity contribution in [1.29, 1.82) is 0 Å². The molecule has 0 saturated carbocycles. The normalized spacial score (nSPS) is 11.7. The number of hydrogen-bond donors (Lipinski definition) is 2. The number of aryl methyl sites for hydroxylation is 1. The van der Waals surface area contributed by atoms with Gasteiger partial charge in [-0.1, -0.05) is 41.5 Å². The van der Waals surface area contributed by atoms with Crippen LogP contribution in [0.15, 0.2) is 6.07 Å². The van der Waals surface area contributed by atoms with Crippen LogP contribution in [0.5, 0.6) is 0 Å². The molecule has 2 N–H and O–H groups in total. The zero-order chi connectivity index (χ0) is 22.2. The highest BCUT2D eigenvalue weighted by molar-refractivity contribution is 5.95. The van der Waals surface area contributed by atoms with E-state index in [0.717, 1.165) is 6.42 Å². The highest BCUT2D eigenvalue weighted by Gasteiger charge is 2.24. The maximum atomic E-state index is 12.3. The molecule has 1 heterocycles. The molecule has 0 aliphatic heterocycles. The first-order valence-electron chi connectivity index (χ1n) is 9.99. The molecule has 0 aliphatic carbocycles. The molecule has 1 aromatic heterocycles. The van der Waals surface area contributed by atoms with Crippen molar-refractivity contribution in [3.63, 3.8) is 0 Å². The average molecular weight is 407 g/mol. The number of unbranched alkanes of at least 4 members (excludes halogenated alkanes) is 1. The van der Waals surface area contributed by atoms with E-state index < -0.39 is 10.8 Å². The summed E-state index contributed by atoms with van der Waals surface area (Å²) in [5.74, 6) is -0.129. The van der Waals surface area contributed by atoms with Gasteiger partial charge in [-0.3, -0.25) is 19.7 Å². The molecular formula is C21H34N4O4. The topological polar surface area (TPSA) is 110 Å². The molecule has 0 radical (unpaired) electrons. The fourth-order valence-corrected chi connectivity index (χ4v) is 2.15. The molecule has 162 valence electrons. The van der Waals surface area contributed by atoms with E-state index in [1.807, 2.05) is 20.8 Å². The molecule has 29 heavy (non-hydrogen) atoms. The molecule has 0 bridgehead atoms. The van der Waals surface area contributed by atoms with Crippen LogP contribution in [0.3, 0.4) is 0 Å². The van der Waals surface area contributed by atoms with E-state index in [1.165, 1.54) is 0 Å². The Hall–Kier alpha value is -2.51. The lowest BCUT2D eigenvalue weighted by molar-refractivity contribution is -0.143. The van der Waals surface area contributed by atoms with Gasteiger partial charge in [0.2, 0.25) is 17.8 Å². The molecule has 8 nitrogen and oxygen atoms in total. The minimum Gasteiger partial charge on any atom is -0.466 e. The van der Waals surface area contributed by atoms with Crippen LogP contribution in [0.1, 0.15) is 73.4 Å². The quantitative estimate of drug-likeness (QED) is 0.503. The van der Waals surface area contributed by atoms with E-state index in [0.29, 0.717) is 37.4 Å². The van der Waals surface area contributed by atoms with Crippen molar-refractivity contribution in [1.82, 2.24) is 9.97 Å². The second-order valence-corrected chi connectivity index (χ2v) is 8.99. The lowest BCUT2D eigenvalue weighted by Gasteiger charge is -2.19. The number of carbonyl (C=O) groups is 3. The molecular weight excluding hydrogens is 372 g/mol. The fraction of sp³-hybridized carbons (Fsp3) is 0.667. The summed E-state index contributed by atoms with van der Waals surface area (Å²) in [7, 11) is 0. The summed E-state index contributed by atoms with van der Waals surface area (Å²) in [5, 5.41) is 5.50. The molecule has 0 aromatic carbocycles. The highest BCUT2D eigenvalue weighted by Crippen LogP contribution is 2.20. The third-order valence-electron chi connectivity index (χ3n) is 3.98. The number of amides is 2. The van der Waals surface area contributed by atoms with Gasteiger partial charge in [0.1, 0.15) is 5.82 Å². The Balaban J connectivity index is 2.93. The molecule has 2 amide bonds. The van der Waals surface area contributed by atoms with Crippen molar-refractivity contribution in [3.8, 4) is 0 Å². The summed E-state index contributed by atoms with van der Waals surface area (Å²) >= 11 is 0. The van der Waals surface area contributed by atoms with Gasteiger partial charge >= 0.3 is 5.97 Å². The maximum Gasteiger partial charge on any atom is 0.305 e. The number of carbonyl (C=O) groups excluding carboxylic acids is 3. The lowest BCUT2D eigenvalue weighted by atomic mass is 9.96. The maximum absolute atomic E-state index is 12.3. The molecule has 0 spiro atoms. The van der Waals surface area contributed by atoms with E-state index >= 15 is 0 Å². The number of hydrogen-bond acceptors (Lipinski definition) is 6. The summed E-state index contributed by atoms with van der Waals surface area (Å²) in [4.78, 5) is 44.8. The summed E-state index contributed by atoms with van der Waals surface area (Å²) < 4.78 is 4.92. The molecule has 8 heteroatoms. The zero-order valence-electron chi connectivity index (χ0n) is 18.6. The van der Waals surface area contributed by atoms with E-state index in [2.05, 4.69) is 20.6 Å². The first-order chi connectivity index (χ1) is 13.3. The largest absolute Gasteiger partial charge is 0.466 e. The smallest absolute Gasteiger partial charge is 0.305 e. The number of nitrogens with one attached hydrogen (secondary N) is 2. The van der Waals surface area contributed by atoms with Gasteiger partial charge in [-0.05, 0) is 26.2 Å². The Labute approximate surface area is 173 Å². The van der Waals surface area contributed by atoms with Crippen molar-refractivity contribution < 1.29 is 19.1 Å². The van der Waals surface area contributed by atoms with Crippen LogP contribution in [-0.4, -0.2) is 34.4 Å². The van der Waals surface area contributed by atoms with Crippen molar-refractivity contribution in [2.75, 3.05) is 17.2 Å². The Bertz CT molecular complexity index is 687. The van der Waals surface area contributed by atoms with E-state index in [1.54, 1.807) is 33.8 Å². The van der Waals surface area contributed by atoms with Gasteiger partial charge in [-0.2, -0.15) is 4.98 Å². The second kappa shape index (κ2) is 10.3. The highest BCUT2D eigenvalue weighted by atomic mass is 16.5. The van der Waals surface area contributed by atoms with Gasteiger partial charge < -0.3 is 10.1 Å². The number of nitrogens with zero attached hydrogens (tertiary/aromatic N) is 2. The van der Waals surface area contributed by atoms with Gasteiger partial charge in [0, 0.05) is 29.0 Å². The van der Waals surface area contributed by atoms with Gasteiger partial charge in [-0.25, -0.2) is 4.98 Å².